The highest BCUT2D eigenvalue weighted by molar-refractivity contribution is 6.11. The van der Waals surface area contributed by atoms with Gasteiger partial charge in [0, 0.05) is 17.1 Å². The number of halogens is 1. The van der Waals surface area contributed by atoms with Crippen molar-refractivity contribution in [2.75, 3.05) is 0 Å². The van der Waals surface area contributed by atoms with Crippen LogP contribution in [0, 0.1) is 19.7 Å². The van der Waals surface area contributed by atoms with E-state index in [0.717, 1.165) is 32.8 Å². The average Bonchev–Trinajstić information content (AvgIpc) is 2.61. The molecule has 1 nitrogen and oxygen atoms in total. The van der Waals surface area contributed by atoms with E-state index < -0.39 is 0 Å². The predicted molar refractivity (Wildman–Crippen MR) is 113 cm³/mol. The SMILES string of the molecule is Cc1cc(-c2nccc3c2ccc2cc(C)c(F)cc23)cc(C(C)(C)C)c1. The Hall–Kier alpha value is -2.74. The van der Waals surface area contributed by atoms with Crippen LogP contribution in [0.25, 0.3) is 32.8 Å². The molecule has 1 aromatic heterocycles. The zero-order valence-electron chi connectivity index (χ0n) is 16.5. The Kier molecular flexibility index (Phi) is 4.03. The molecule has 0 N–H and O–H groups in total. The van der Waals surface area contributed by atoms with Crippen molar-refractivity contribution in [3.63, 3.8) is 0 Å². The number of fused-ring (bicyclic) bond motifs is 3. The molecular weight excluding hydrogens is 333 g/mol. The summed E-state index contributed by atoms with van der Waals surface area (Å²) < 4.78 is 14.2. The molecule has 0 spiro atoms. The van der Waals surface area contributed by atoms with E-state index >= 15 is 0 Å². The van der Waals surface area contributed by atoms with Crippen molar-refractivity contribution in [3.8, 4) is 11.3 Å². The van der Waals surface area contributed by atoms with E-state index in [0.29, 0.717) is 5.56 Å². The number of hydrogen-bond acceptors (Lipinski definition) is 1. The van der Waals surface area contributed by atoms with E-state index in [1.807, 2.05) is 18.3 Å². The zero-order valence-corrected chi connectivity index (χ0v) is 16.5. The van der Waals surface area contributed by atoms with Crippen LogP contribution in [0.4, 0.5) is 4.39 Å². The third-order valence-corrected chi connectivity index (χ3v) is 5.26. The highest BCUT2D eigenvalue weighted by Gasteiger charge is 2.17. The van der Waals surface area contributed by atoms with Crippen LogP contribution < -0.4 is 0 Å². The summed E-state index contributed by atoms with van der Waals surface area (Å²) in [5.74, 6) is -0.168. The van der Waals surface area contributed by atoms with Gasteiger partial charge in [-0.05, 0) is 76.9 Å². The summed E-state index contributed by atoms with van der Waals surface area (Å²) >= 11 is 0. The van der Waals surface area contributed by atoms with E-state index in [4.69, 9.17) is 4.98 Å². The Balaban J connectivity index is 2.03. The van der Waals surface area contributed by atoms with Gasteiger partial charge in [-0.25, -0.2) is 4.39 Å². The van der Waals surface area contributed by atoms with Crippen LogP contribution in [0.15, 0.2) is 54.7 Å². The molecule has 0 aliphatic heterocycles. The lowest BCUT2D eigenvalue weighted by molar-refractivity contribution is 0.590. The average molecular weight is 357 g/mol. The predicted octanol–water partition coefficient (Wildman–Crippen LogP) is 7.11. The highest BCUT2D eigenvalue weighted by atomic mass is 19.1. The fourth-order valence-corrected chi connectivity index (χ4v) is 3.71. The lowest BCUT2D eigenvalue weighted by Crippen LogP contribution is -2.11. The monoisotopic (exact) mass is 357 g/mol. The Bertz CT molecular complexity index is 1180. The summed E-state index contributed by atoms with van der Waals surface area (Å²) in [6.45, 7) is 10.6. The van der Waals surface area contributed by atoms with Crippen molar-refractivity contribution in [1.82, 2.24) is 4.98 Å². The van der Waals surface area contributed by atoms with Crippen LogP contribution in [0.1, 0.15) is 37.5 Å². The molecule has 0 unspecified atom stereocenters. The minimum atomic E-state index is -0.168. The maximum absolute atomic E-state index is 14.2. The summed E-state index contributed by atoms with van der Waals surface area (Å²) in [6, 6.07) is 16.4. The van der Waals surface area contributed by atoms with Gasteiger partial charge in [-0.2, -0.15) is 0 Å². The van der Waals surface area contributed by atoms with Crippen molar-refractivity contribution >= 4 is 21.5 Å². The Morgan fingerprint density at radius 1 is 0.815 bits per heavy atom. The molecule has 4 aromatic rings. The van der Waals surface area contributed by atoms with E-state index in [9.17, 15) is 4.39 Å². The molecule has 0 bridgehead atoms. The molecule has 0 aliphatic carbocycles. The van der Waals surface area contributed by atoms with Crippen LogP contribution in [0.3, 0.4) is 0 Å². The first-order chi connectivity index (χ1) is 12.7. The van der Waals surface area contributed by atoms with Gasteiger partial charge in [0.25, 0.3) is 0 Å². The summed E-state index contributed by atoms with van der Waals surface area (Å²) in [5, 5.41) is 4.08. The molecule has 4 rings (SSSR count). The molecule has 0 fully saturated rings. The van der Waals surface area contributed by atoms with E-state index in [-0.39, 0.29) is 11.2 Å². The standard InChI is InChI=1S/C25H24FN/c1-15-10-18(13-19(11-15)25(3,4)5)24-21-7-6-17-12-16(2)23(26)14-22(17)20(21)8-9-27-24/h6-14H,1-5H3. The van der Waals surface area contributed by atoms with Gasteiger partial charge in [-0.1, -0.05) is 44.5 Å². The molecule has 27 heavy (non-hydrogen) atoms. The van der Waals surface area contributed by atoms with Gasteiger partial charge in [0.1, 0.15) is 5.82 Å². The first kappa shape index (κ1) is 17.7. The number of pyridine rings is 1. The largest absolute Gasteiger partial charge is 0.256 e. The van der Waals surface area contributed by atoms with Crippen LogP contribution in [0.5, 0.6) is 0 Å². The molecule has 0 atom stereocenters. The lowest BCUT2D eigenvalue weighted by Gasteiger charge is -2.21. The molecule has 3 aromatic carbocycles. The summed E-state index contributed by atoms with van der Waals surface area (Å²) in [4.78, 5) is 4.69. The van der Waals surface area contributed by atoms with Crippen LogP contribution >= 0.6 is 0 Å². The normalized spacial score (nSPS) is 12.1. The lowest BCUT2D eigenvalue weighted by atomic mass is 9.84. The van der Waals surface area contributed by atoms with Gasteiger partial charge in [0.05, 0.1) is 5.69 Å². The topological polar surface area (TPSA) is 12.9 Å². The summed E-state index contributed by atoms with van der Waals surface area (Å²) in [7, 11) is 0. The third-order valence-electron chi connectivity index (χ3n) is 5.26. The number of benzene rings is 3. The minimum Gasteiger partial charge on any atom is -0.256 e. The Labute approximate surface area is 159 Å². The summed E-state index contributed by atoms with van der Waals surface area (Å²) in [5.41, 5.74) is 5.31. The van der Waals surface area contributed by atoms with Crippen LogP contribution in [-0.4, -0.2) is 4.98 Å². The number of nitrogens with zero attached hydrogens (tertiary/aromatic N) is 1. The molecule has 0 radical (unpaired) electrons. The highest BCUT2D eigenvalue weighted by Crippen LogP contribution is 2.35. The molecule has 0 aliphatic rings. The van der Waals surface area contributed by atoms with Gasteiger partial charge in [-0.15, -0.1) is 0 Å². The van der Waals surface area contributed by atoms with Crippen LogP contribution in [-0.2, 0) is 5.41 Å². The van der Waals surface area contributed by atoms with Gasteiger partial charge >= 0.3 is 0 Å². The van der Waals surface area contributed by atoms with Crippen molar-refractivity contribution in [1.29, 1.82) is 0 Å². The fraction of sp³-hybridized carbons (Fsp3) is 0.240. The molecule has 2 heteroatoms. The van der Waals surface area contributed by atoms with Gasteiger partial charge in [0.2, 0.25) is 0 Å². The third kappa shape index (κ3) is 3.10. The second kappa shape index (κ2) is 6.16. The number of aryl methyl sites for hydroxylation is 2. The minimum absolute atomic E-state index is 0.0682. The smallest absolute Gasteiger partial charge is 0.126 e. The maximum Gasteiger partial charge on any atom is 0.126 e. The fourth-order valence-electron chi connectivity index (χ4n) is 3.71. The van der Waals surface area contributed by atoms with Crippen molar-refractivity contribution in [3.05, 3.63) is 77.2 Å². The number of aromatic nitrogens is 1. The number of hydrogen-bond donors (Lipinski definition) is 0. The maximum atomic E-state index is 14.2. The molecule has 0 amide bonds. The van der Waals surface area contributed by atoms with Crippen molar-refractivity contribution in [2.45, 2.75) is 40.0 Å². The molecule has 1 heterocycles. The zero-order chi connectivity index (χ0) is 19.3. The Morgan fingerprint density at radius 3 is 2.33 bits per heavy atom. The van der Waals surface area contributed by atoms with Gasteiger partial charge < -0.3 is 0 Å². The van der Waals surface area contributed by atoms with E-state index in [1.54, 1.807) is 13.0 Å². The second-order valence-corrected chi connectivity index (χ2v) is 8.48. The number of rotatable bonds is 1. The molecule has 136 valence electrons. The van der Waals surface area contributed by atoms with E-state index in [2.05, 4.69) is 58.0 Å². The van der Waals surface area contributed by atoms with Gasteiger partial charge in [0.15, 0.2) is 0 Å². The molecule has 0 saturated heterocycles. The molecular formula is C25H24FN. The summed E-state index contributed by atoms with van der Waals surface area (Å²) in [6.07, 6.45) is 1.83. The second-order valence-electron chi connectivity index (χ2n) is 8.48. The Morgan fingerprint density at radius 2 is 1.59 bits per heavy atom. The van der Waals surface area contributed by atoms with Gasteiger partial charge in [-0.3, -0.25) is 4.98 Å². The first-order valence-corrected chi connectivity index (χ1v) is 9.34. The van der Waals surface area contributed by atoms with Crippen LogP contribution in [0.2, 0.25) is 0 Å². The molecule has 0 saturated carbocycles. The quantitative estimate of drug-likeness (QED) is 0.331. The first-order valence-electron chi connectivity index (χ1n) is 9.34. The van der Waals surface area contributed by atoms with Crippen molar-refractivity contribution < 1.29 is 4.39 Å². The van der Waals surface area contributed by atoms with Crippen molar-refractivity contribution in [2.24, 2.45) is 0 Å². The van der Waals surface area contributed by atoms with E-state index in [1.165, 1.54) is 11.1 Å².